The fraction of sp³-hybridized carbons (Fsp3) is 0.294. The number of hydrogen-bond donors (Lipinski definition) is 2. The predicted octanol–water partition coefficient (Wildman–Crippen LogP) is 1.73. The molecule has 0 unspecified atom stereocenters. The van der Waals surface area contributed by atoms with Crippen molar-refractivity contribution < 1.29 is 17.9 Å². The highest BCUT2D eigenvalue weighted by Crippen LogP contribution is 2.26. The molecule has 0 aliphatic carbocycles. The summed E-state index contributed by atoms with van der Waals surface area (Å²) in [4.78, 5) is 19.1. The number of pyridine rings is 1. The first-order chi connectivity index (χ1) is 12.9. The number of anilines is 2. The molecule has 8 nitrogen and oxygen atoms in total. The Morgan fingerprint density at radius 1 is 1.26 bits per heavy atom. The van der Waals surface area contributed by atoms with Gasteiger partial charge in [-0.25, -0.2) is 18.1 Å². The van der Waals surface area contributed by atoms with Crippen LogP contribution in [-0.2, 0) is 14.8 Å². The summed E-state index contributed by atoms with van der Waals surface area (Å²) in [5.74, 6) is 0.111. The van der Waals surface area contributed by atoms with Gasteiger partial charge < -0.3 is 15.0 Å². The summed E-state index contributed by atoms with van der Waals surface area (Å²) in [5.41, 5.74) is 0.576. The maximum absolute atomic E-state index is 12.8. The van der Waals surface area contributed by atoms with Crippen molar-refractivity contribution in [2.45, 2.75) is 4.90 Å². The van der Waals surface area contributed by atoms with E-state index in [-0.39, 0.29) is 15.5 Å². The SMILES string of the molecule is CNS(=O)(=O)c1ccc(Cl)c(C(=O)Nc2cccnc2N2CCOCC2)c1. The number of ether oxygens (including phenoxy) is 1. The number of aromatic nitrogens is 1. The lowest BCUT2D eigenvalue weighted by molar-refractivity contribution is 0.102. The van der Waals surface area contributed by atoms with Gasteiger partial charge in [0.1, 0.15) is 0 Å². The fourth-order valence-corrected chi connectivity index (χ4v) is 3.63. The number of nitrogens with one attached hydrogen (secondary N) is 2. The highest BCUT2D eigenvalue weighted by Gasteiger charge is 2.20. The molecule has 1 fully saturated rings. The first-order valence-electron chi connectivity index (χ1n) is 8.24. The molecule has 1 aromatic carbocycles. The molecule has 1 aromatic heterocycles. The Labute approximate surface area is 162 Å². The van der Waals surface area contributed by atoms with Gasteiger partial charge in [-0.2, -0.15) is 0 Å². The molecule has 0 saturated carbocycles. The van der Waals surface area contributed by atoms with E-state index >= 15 is 0 Å². The maximum atomic E-state index is 12.8. The number of halogens is 1. The first kappa shape index (κ1) is 19.6. The third-order valence-corrected chi connectivity index (χ3v) is 5.85. The second kappa shape index (κ2) is 8.22. The van der Waals surface area contributed by atoms with Gasteiger partial charge in [0.25, 0.3) is 5.91 Å². The van der Waals surface area contributed by atoms with Gasteiger partial charge >= 0.3 is 0 Å². The Kier molecular flexibility index (Phi) is 5.95. The van der Waals surface area contributed by atoms with Crippen LogP contribution in [0.4, 0.5) is 11.5 Å². The van der Waals surface area contributed by atoms with Crippen LogP contribution < -0.4 is 14.9 Å². The molecule has 0 atom stereocenters. The second-order valence-electron chi connectivity index (χ2n) is 5.78. The summed E-state index contributed by atoms with van der Waals surface area (Å²) in [6, 6.07) is 7.41. The normalized spacial score (nSPS) is 14.8. The molecule has 27 heavy (non-hydrogen) atoms. The van der Waals surface area contributed by atoms with Gasteiger partial charge in [-0.05, 0) is 37.4 Å². The number of sulfonamides is 1. The van der Waals surface area contributed by atoms with E-state index in [2.05, 4.69) is 15.0 Å². The lowest BCUT2D eigenvalue weighted by Gasteiger charge is -2.29. The predicted molar refractivity (Wildman–Crippen MR) is 103 cm³/mol. The van der Waals surface area contributed by atoms with E-state index in [9.17, 15) is 13.2 Å². The lowest BCUT2D eigenvalue weighted by atomic mass is 10.2. The molecule has 3 rings (SSSR count). The average Bonchev–Trinajstić information content (AvgIpc) is 2.69. The van der Waals surface area contributed by atoms with Crippen LogP contribution in [0.25, 0.3) is 0 Å². The number of carbonyl (C=O) groups is 1. The minimum absolute atomic E-state index is 0.0425. The van der Waals surface area contributed by atoms with E-state index in [4.69, 9.17) is 16.3 Å². The molecule has 2 aromatic rings. The zero-order chi connectivity index (χ0) is 19.4. The Morgan fingerprint density at radius 2 is 2.00 bits per heavy atom. The van der Waals surface area contributed by atoms with Crippen LogP contribution in [0, 0.1) is 0 Å². The zero-order valence-corrected chi connectivity index (χ0v) is 16.2. The van der Waals surface area contributed by atoms with Gasteiger partial charge in [-0.3, -0.25) is 4.79 Å². The third kappa shape index (κ3) is 4.38. The molecule has 144 valence electrons. The maximum Gasteiger partial charge on any atom is 0.257 e. The van der Waals surface area contributed by atoms with Crippen LogP contribution >= 0.6 is 11.6 Å². The number of hydrogen-bond acceptors (Lipinski definition) is 6. The third-order valence-electron chi connectivity index (χ3n) is 4.11. The number of amides is 1. The van der Waals surface area contributed by atoms with E-state index in [0.717, 1.165) is 0 Å². The number of morpholine rings is 1. The van der Waals surface area contributed by atoms with Crippen molar-refractivity contribution in [3.63, 3.8) is 0 Å². The van der Waals surface area contributed by atoms with Gasteiger partial charge in [0.2, 0.25) is 10.0 Å². The summed E-state index contributed by atoms with van der Waals surface area (Å²) in [6.07, 6.45) is 1.65. The van der Waals surface area contributed by atoms with Crippen molar-refractivity contribution in [3.05, 3.63) is 47.1 Å². The van der Waals surface area contributed by atoms with E-state index in [1.54, 1.807) is 18.3 Å². The minimum atomic E-state index is -3.69. The quantitative estimate of drug-likeness (QED) is 0.778. The van der Waals surface area contributed by atoms with Gasteiger partial charge in [0, 0.05) is 19.3 Å². The highest BCUT2D eigenvalue weighted by molar-refractivity contribution is 7.89. The highest BCUT2D eigenvalue weighted by atomic mass is 35.5. The molecule has 2 N–H and O–H groups in total. The fourth-order valence-electron chi connectivity index (χ4n) is 2.67. The van der Waals surface area contributed by atoms with Crippen molar-refractivity contribution in [3.8, 4) is 0 Å². The number of benzene rings is 1. The molecule has 0 bridgehead atoms. The molecule has 1 amide bonds. The molecule has 1 aliphatic heterocycles. The summed E-state index contributed by atoms with van der Waals surface area (Å²) in [5, 5.41) is 2.93. The molecular formula is C17H19ClN4O4S. The largest absolute Gasteiger partial charge is 0.378 e. The van der Waals surface area contributed by atoms with E-state index in [1.807, 2.05) is 4.90 Å². The van der Waals surface area contributed by atoms with E-state index in [0.29, 0.717) is 37.8 Å². The second-order valence-corrected chi connectivity index (χ2v) is 8.07. The molecule has 0 spiro atoms. The summed E-state index contributed by atoms with van der Waals surface area (Å²) < 4.78 is 31.5. The first-order valence-corrected chi connectivity index (χ1v) is 10.1. The number of nitrogens with zero attached hydrogens (tertiary/aromatic N) is 2. The Bertz CT molecular complexity index is 946. The van der Waals surface area contributed by atoms with Crippen molar-refractivity contribution in [1.29, 1.82) is 0 Å². The smallest absolute Gasteiger partial charge is 0.257 e. The summed E-state index contributed by atoms with van der Waals surface area (Å²) >= 11 is 6.12. The van der Waals surface area contributed by atoms with Crippen LogP contribution in [0.5, 0.6) is 0 Å². The lowest BCUT2D eigenvalue weighted by Crippen LogP contribution is -2.37. The van der Waals surface area contributed by atoms with Crippen molar-refractivity contribution in [2.24, 2.45) is 0 Å². The van der Waals surface area contributed by atoms with Crippen molar-refractivity contribution >= 4 is 39.0 Å². The molecule has 10 heteroatoms. The van der Waals surface area contributed by atoms with Gasteiger partial charge in [0.15, 0.2) is 5.82 Å². The molecule has 1 aliphatic rings. The van der Waals surface area contributed by atoms with Crippen LogP contribution in [0.2, 0.25) is 5.02 Å². The van der Waals surface area contributed by atoms with Crippen LogP contribution in [0.3, 0.4) is 0 Å². The Morgan fingerprint density at radius 3 is 2.70 bits per heavy atom. The van der Waals surface area contributed by atoms with Gasteiger partial charge in [0.05, 0.1) is 34.4 Å². The van der Waals surface area contributed by atoms with Gasteiger partial charge in [-0.15, -0.1) is 0 Å². The van der Waals surface area contributed by atoms with E-state index < -0.39 is 15.9 Å². The standard InChI is InChI=1S/C17H19ClN4O4S/c1-19-27(24,25)12-4-5-14(18)13(11-12)17(23)21-15-3-2-6-20-16(15)22-7-9-26-10-8-22/h2-6,11,19H,7-10H2,1H3,(H,21,23). The van der Waals surface area contributed by atoms with Crippen LogP contribution in [-0.4, -0.2) is 52.7 Å². The molecule has 0 radical (unpaired) electrons. The molecule has 2 heterocycles. The minimum Gasteiger partial charge on any atom is -0.378 e. The van der Waals surface area contributed by atoms with Crippen LogP contribution in [0.1, 0.15) is 10.4 Å². The number of carbonyl (C=O) groups excluding carboxylic acids is 1. The van der Waals surface area contributed by atoms with E-state index in [1.165, 1.54) is 25.2 Å². The summed E-state index contributed by atoms with van der Waals surface area (Å²) in [7, 11) is -2.39. The van der Waals surface area contributed by atoms with Crippen molar-refractivity contribution in [2.75, 3.05) is 43.6 Å². The zero-order valence-electron chi connectivity index (χ0n) is 14.6. The summed E-state index contributed by atoms with van der Waals surface area (Å²) in [6.45, 7) is 2.49. The Hall–Kier alpha value is -2.20. The van der Waals surface area contributed by atoms with Gasteiger partial charge in [-0.1, -0.05) is 11.6 Å². The Balaban J connectivity index is 1.89. The van der Waals surface area contributed by atoms with Crippen LogP contribution in [0.15, 0.2) is 41.4 Å². The number of rotatable bonds is 5. The average molecular weight is 411 g/mol. The topological polar surface area (TPSA) is 101 Å². The molecular weight excluding hydrogens is 392 g/mol. The molecule has 1 saturated heterocycles. The monoisotopic (exact) mass is 410 g/mol. The van der Waals surface area contributed by atoms with Crippen molar-refractivity contribution in [1.82, 2.24) is 9.71 Å².